The summed E-state index contributed by atoms with van der Waals surface area (Å²) in [6.07, 6.45) is 2.42. The predicted molar refractivity (Wildman–Crippen MR) is 58.7 cm³/mol. The van der Waals surface area contributed by atoms with Crippen LogP contribution in [0, 0.1) is 11.3 Å². The minimum absolute atomic E-state index is 0.107. The molecular formula is C12H20O4. The summed E-state index contributed by atoms with van der Waals surface area (Å²) in [7, 11) is 0. The second-order valence-electron chi connectivity index (χ2n) is 4.10. The highest BCUT2D eigenvalue weighted by Crippen LogP contribution is 2.56. The van der Waals surface area contributed by atoms with Gasteiger partial charge in [0.1, 0.15) is 0 Å². The molecule has 1 aliphatic carbocycles. The highest BCUT2D eigenvalue weighted by molar-refractivity contribution is 6.03. The summed E-state index contributed by atoms with van der Waals surface area (Å²) >= 11 is 0. The Labute approximate surface area is 96.3 Å². The first kappa shape index (κ1) is 13.0. The number of rotatable bonds is 6. The lowest BCUT2D eigenvalue weighted by Crippen LogP contribution is -2.32. The van der Waals surface area contributed by atoms with Crippen molar-refractivity contribution in [2.24, 2.45) is 11.3 Å². The smallest absolute Gasteiger partial charge is 0.323 e. The number of carbonyl (C=O) groups is 2. The van der Waals surface area contributed by atoms with Crippen LogP contribution in [-0.2, 0) is 19.1 Å². The summed E-state index contributed by atoms with van der Waals surface area (Å²) < 4.78 is 9.95. The Morgan fingerprint density at radius 2 is 1.62 bits per heavy atom. The maximum Gasteiger partial charge on any atom is 0.323 e. The average molecular weight is 228 g/mol. The summed E-state index contributed by atoms with van der Waals surface area (Å²) in [4.78, 5) is 23.6. The molecule has 1 aliphatic rings. The molecule has 0 radical (unpaired) electrons. The predicted octanol–water partition coefficient (Wildman–Crippen LogP) is 1.92. The van der Waals surface area contributed by atoms with E-state index in [1.165, 1.54) is 0 Å². The highest BCUT2D eigenvalue weighted by Gasteiger charge is 2.67. The highest BCUT2D eigenvalue weighted by atomic mass is 16.6. The minimum atomic E-state index is -0.984. The number of carbonyl (C=O) groups excluding carboxylic acids is 2. The van der Waals surface area contributed by atoms with Crippen molar-refractivity contribution in [3.8, 4) is 0 Å². The van der Waals surface area contributed by atoms with Crippen molar-refractivity contribution in [1.82, 2.24) is 0 Å². The fraction of sp³-hybridized carbons (Fsp3) is 0.833. The molecule has 1 saturated carbocycles. The Hall–Kier alpha value is -1.06. The van der Waals surface area contributed by atoms with Crippen molar-refractivity contribution < 1.29 is 19.1 Å². The van der Waals surface area contributed by atoms with Gasteiger partial charge in [0.25, 0.3) is 0 Å². The summed E-state index contributed by atoms with van der Waals surface area (Å²) in [6.45, 7) is 6.14. The molecular weight excluding hydrogens is 208 g/mol. The molecule has 92 valence electrons. The van der Waals surface area contributed by atoms with Crippen molar-refractivity contribution in [2.45, 2.75) is 40.0 Å². The van der Waals surface area contributed by atoms with Gasteiger partial charge >= 0.3 is 11.9 Å². The zero-order chi connectivity index (χ0) is 12.2. The monoisotopic (exact) mass is 228 g/mol. The normalized spacial score (nSPS) is 21.3. The van der Waals surface area contributed by atoms with Crippen molar-refractivity contribution in [2.75, 3.05) is 13.2 Å². The van der Waals surface area contributed by atoms with Crippen molar-refractivity contribution in [1.29, 1.82) is 0 Å². The van der Waals surface area contributed by atoms with Crippen molar-refractivity contribution in [3.63, 3.8) is 0 Å². The molecule has 0 spiro atoms. The number of hydrogen-bond acceptors (Lipinski definition) is 4. The van der Waals surface area contributed by atoms with Gasteiger partial charge in [0.15, 0.2) is 5.41 Å². The lowest BCUT2D eigenvalue weighted by atomic mass is 10.0. The zero-order valence-electron chi connectivity index (χ0n) is 10.2. The van der Waals surface area contributed by atoms with Crippen molar-refractivity contribution >= 4 is 11.9 Å². The molecule has 0 aliphatic heterocycles. The van der Waals surface area contributed by atoms with Crippen molar-refractivity contribution in [3.05, 3.63) is 0 Å². The fourth-order valence-electron chi connectivity index (χ4n) is 2.13. The maximum atomic E-state index is 11.8. The standard InChI is InChI=1S/C12H20O4/c1-4-7-9-8-12(9,10(13)15-5-2)11(14)16-6-3/h9H,4-8H2,1-3H3. The van der Waals surface area contributed by atoms with Crippen LogP contribution in [0.3, 0.4) is 0 Å². The molecule has 4 nitrogen and oxygen atoms in total. The molecule has 0 aromatic carbocycles. The van der Waals surface area contributed by atoms with Gasteiger partial charge in [0, 0.05) is 0 Å². The van der Waals surface area contributed by atoms with E-state index in [9.17, 15) is 9.59 Å². The van der Waals surface area contributed by atoms with Gasteiger partial charge in [-0.1, -0.05) is 13.3 Å². The van der Waals surface area contributed by atoms with E-state index >= 15 is 0 Å². The minimum Gasteiger partial charge on any atom is -0.465 e. The van der Waals surface area contributed by atoms with E-state index in [4.69, 9.17) is 9.47 Å². The van der Waals surface area contributed by atoms with Crippen LogP contribution in [0.5, 0.6) is 0 Å². The van der Waals surface area contributed by atoms with E-state index < -0.39 is 17.4 Å². The third kappa shape index (κ3) is 2.20. The molecule has 0 aromatic rings. The molecule has 16 heavy (non-hydrogen) atoms. The summed E-state index contributed by atoms with van der Waals surface area (Å²) in [5.74, 6) is -0.714. The lowest BCUT2D eigenvalue weighted by Gasteiger charge is -2.14. The van der Waals surface area contributed by atoms with Crippen LogP contribution < -0.4 is 0 Å². The van der Waals surface area contributed by atoms with Gasteiger partial charge in [-0.05, 0) is 32.6 Å². The zero-order valence-corrected chi connectivity index (χ0v) is 10.2. The van der Waals surface area contributed by atoms with Gasteiger partial charge in [0.05, 0.1) is 13.2 Å². The molecule has 1 rings (SSSR count). The topological polar surface area (TPSA) is 52.6 Å². The molecule has 1 fully saturated rings. The Kier molecular flexibility index (Phi) is 4.33. The van der Waals surface area contributed by atoms with E-state index in [1.54, 1.807) is 13.8 Å². The number of ether oxygens (including phenoxy) is 2. The SMILES string of the molecule is CCCC1CC1(C(=O)OCC)C(=O)OCC. The summed E-state index contributed by atoms with van der Waals surface area (Å²) in [5, 5.41) is 0. The quantitative estimate of drug-likeness (QED) is 0.515. The first-order valence-electron chi connectivity index (χ1n) is 5.97. The van der Waals surface area contributed by atoms with E-state index in [0.717, 1.165) is 12.8 Å². The molecule has 4 heteroatoms. The molecule has 0 bridgehead atoms. The first-order chi connectivity index (χ1) is 7.63. The van der Waals surface area contributed by atoms with Gasteiger partial charge in [-0.3, -0.25) is 9.59 Å². The Balaban J connectivity index is 2.72. The van der Waals surface area contributed by atoms with Crippen LogP contribution in [0.15, 0.2) is 0 Å². The van der Waals surface area contributed by atoms with Gasteiger partial charge in [0.2, 0.25) is 0 Å². The third-order valence-corrected chi connectivity index (χ3v) is 3.02. The van der Waals surface area contributed by atoms with Crippen LogP contribution in [0.2, 0.25) is 0 Å². The molecule has 1 atom stereocenters. The van der Waals surface area contributed by atoms with E-state index in [1.807, 2.05) is 6.92 Å². The lowest BCUT2D eigenvalue weighted by molar-refractivity contribution is -0.165. The number of hydrogen-bond donors (Lipinski definition) is 0. The summed E-state index contributed by atoms with van der Waals surface area (Å²) in [6, 6.07) is 0. The van der Waals surface area contributed by atoms with Crippen LogP contribution >= 0.6 is 0 Å². The van der Waals surface area contributed by atoms with Crippen LogP contribution in [0.1, 0.15) is 40.0 Å². The average Bonchev–Trinajstić information content (AvgIpc) is 2.95. The van der Waals surface area contributed by atoms with Crippen LogP contribution in [-0.4, -0.2) is 25.2 Å². The molecule has 0 amide bonds. The van der Waals surface area contributed by atoms with Crippen LogP contribution in [0.4, 0.5) is 0 Å². The maximum absolute atomic E-state index is 11.8. The van der Waals surface area contributed by atoms with Gasteiger partial charge in [-0.25, -0.2) is 0 Å². The van der Waals surface area contributed by atoms with Crippen LogP contribution in [0.25, 0.3) is 0 Å². The molecule has 0 heterocycles. The Morgan fingerprint density at radius 3 is 2.00 bits per heavy atom. The Morgan fingerprint density at radius 1 is 1.12 bits per heavy atom. The molecule has 1 unspecified atom stereocenters. The second kappa shape index (κ2) is 5.32. The molecule has 0 N–H and O–H groups in total. The van der Waals surface area contributed by atoms with Gasteiger partial charge in [-0.15, -0.1) is 0 Å². The third-order valence-electron chi connectivity index (χ3n) is 3.02. The van der Waals surface area contributed by atoms with E-state index in [-0.39, 0.29) is 5.92 Å². The largest absolute Gasteiger partial charge is 0.465 e. The van der Waals surface area contributed by atoms with E-state index in [2.05, 4.69) is 0 Å². The molecule has 0 aromatic heterocycles. The van der Waals surface area contributed by atoms with Gasteiger partial charge < -0.3 is 9.47 Å². The van der Waals surface area contributed by atoms with Gasteiger partial charge in [-0.2, -0.15) is 0 Å². The van der Waals surface area contributed by atoms with E-state index in [0.29, 0.717) is 19.6 Å². The molecule has 0 saturated heterocycles. The first-order valence-corrected chi connectivity index (χ1v) is 5.97. The fourth-order valence-corrected chi connectivity index (χ4v) is 2.13. The summed E-state index contributed by atoms with van der Waals surface area (Å²) in [5.41, 5.74) is -0.984. The number of esters is 2. The Bertz CT molecular complexity index is 254. The second-order valence-corrected chi connectivity index (χ2v) is 4.10.